The monoisotopic (exact) mass is 254 g/mol. The maximum Gasteiger partial charge on any atom is 0.133 e. The molecule has 0 saturated heterocycles. The van der Waals surface area contributed by atoms with Crippen molar-refractivity contribution in [2.75, 3.05) is 11.4 Å². The van der Waals surface area contributed by atoms with Crippen LogP contribution in [0, 0.1) is 12.3 Å². The molecule has 0 radical (unpaired) electrons. The van der Waals surface area contributed by atoms with Crippen LogP contribution in [0.15, 0.2) is 42.6 Å². The van der Waals surface area contributed by atoms with E-state index in [0.717, 1.165) is 18.1 Å². The van der Waals surface area contributed by atoms with Crippen molar-refractivity contribution < 1.29 is 0 Å². The molecule has 0 aliphatic rings. The highest BCUT2D eigenvalue weighted by Crippen LogP contribution is 2.26. The van der Waals surface area contributed by atoms with Crippen molar-refractivity contribution in [3.8, 4) is 0 Å². The van der Waals surface area contributed by atoms with Gasteiger partial charge in [0.05, 0.1) is 0 Å². The lowest BCUT2D eigenvalue weighted by atomic mass is 10.1. The molecule has 0 saturated carbocycles. The molecule has 1 aromatic heterocycles. The van der Waals surface area contributed by atoms with Gasteiger partial charge in [-0.15, -0.1) is 0 Å². The Morgan fingerprint density at radius 3 is 2.68 bits per heavy atom. The van der Waals surface area contributed by atoms with Crippen LogP contribution in [0.5, 0.6) is 0 Å². The van der Waals surface area contributed by atoms with E-state index in [0.29, 0.717) is 5.56 Å². The van der Waals surface area contributed by atoms with Crippen LogP contribution in [0.1, 0.15) is 18.1 Å². The van der Waals surface area contributed by atoms with E-state index in [9.17, 15) is 0 Å². The molecule has 2 rings (SSSR count). The summed E-state index contributed by atoms with van der Waals surface area (Å²) in [5.41, 5.74) is 8.54. The second kappa shape index (κ2) is 5.52. The summed E-state index contributed by atoms with van der Waals surface area (Å²) in [6, 6.07) is 11.8. The molecule has 4 nitrogen and oxygen atoms in total. The van der Waals surface area contributed by atoms with Crippen LogP contribution in [0.4, 0.5) is 11.5 Å². The summed E-state index contributed by atoms with van der Waals surface area (Å²) in [5, 5.41) is 7.51. The van der Waals surface area contributed by atoms with Gasteiger partial charge >= 0.3 is 0 Å². The van der Waals surface area contributed by atoms with E-state index in [1.807, 2.05) is 18.2 Å². The third-order valence-electron chi connectivity index (χ3n) is 3.06. The molecule has 19 heavy (non-hydrogen) atoms. The van der Waals surface area contributed by atoms with Gasteiger partial charge < -0.3 is 10.6 Å². The van der Waals surface area contributed by atoms with Gasteiger partial charge in [0, 0.05) is 24.0 Å². The fraction of sp³-hybridized carbons (Fsp3) is 0.200. The Morgan fingerprint density at radius 2 is 2.05 bits per heavy atom. The van der Waals surface area contributed by atoms with Crippen molar-refractivity contribution in [1.82, 2.24) is 4.98 Å². The molecule has 1 aromatic carbocycles. The largest absolute Gasteiger partial charge is 0.384 e. The van der Waals surface area contributed by atoms with Crippen molar-refractivity contribution in [2.45, 2.75) is 13.8 Å². The lowest BCUT2D eigenvalue weighted by Crippen LogP contribution is -2.19. The number of nitrogen functional groups attached to an aromatic ring is 1. The topological polar surface area (TPSA) is 66.0 Å². The molecular weight excluding hydrogens is 236 g/mol. The number of aromatic nitrogens is 1. The average Bonchev–Trinajstić information content (AvgIpc) is 2.42. The number of hydrogen-bond acceptors (Lipinski definition) is 3. The minimum Gasteiger partial charge on any atom is -0.384 e. The molecule has 0 amide bonds. The van der Waals surface area contributed by atoms with E-state index in [1.54, 1.807) is 12.3 Å². The van der Waals surface area contributed by atoms with Gasteiger partial charge in [-0.3, -0.25) is 5.41 Å². The maximum absolute atomic E-state index is 7.51. The number of anilines is 2. The van der Waals surface area contributed by atoms with Gasteiger partial charge in [0.1, 0.15) is 11.7 Å². The normalized spacial score (nSPS) is 10.2. The number of rotatable bonds is 4. The van der Waals surface area contributed by atoms with Crippen molar-refractivity contribution in [1.29, 1.82) is 5.41 Å². The average molecular weight is 254 g/mol. The summed E-state index contributed by atoms with van der Waals surface area (Å²) >= 11 is 0. The first kappa shape index (κ1) is 13.1. The van der Waals surface area contributed by atoms with Gasteiger partial charge in [0.2, 0.25) is 0 Å². The second-order valence-corrected chi connectivity index (χ2v) is 4.35. The quantitative estimate of drug-likeness (QED) is 0.651. The van der Waals surface area contributed by atoms with Crippen LogP contribution in [-0.2, 0) is 0 Å². The van der Waals surface area contributed by atoms with Crippen LogP contribution < -0.4 is 10.6 Å². The highest BCUT2D eigenvalue weighted by Gasteiger charge is 2.11. The summed E-state index contributed by atoms with van der Waals surface area (Å²) in [7, 11) is 0. The summed E-state index contributed by atoms with van der Waals surface area (Å²) in [6.45, 7) is 4.96. The number of hydrogen-bond donors (Lipinski definition) is 2. The number of nitrogens with two attached hydrogens (primary N) is 1. The van der Waals surface area contributed by atoms with E-state index in [2.05, 4.69) is 35.9 Å². The minimum atomic E-state index is 0.0597. The van der Waals surface area contributed by atoms with Crippen LogP contribution in [0.2, 0.25) is 0 Å². The third-order valence-corrected chi connectivity index (χ3v) is 3.06. The first-order chi connectivity index (χ1) is 9.13. The smallest absolute Gasteiger partial charge is 0.133 e. The summed E-state index contributed by atoms with van der Waals surface area (Å²) in [4.78, 5) is 6.50. The molecule has 0 unspecified atom stereocenters. The fourth-order valence-corrected chi connectivity index (χ4v) is 2.06. The Morgan fingerprint density at radius 1 is 1.32 bits per heavy atom. The van der Waals surface area contributed by atoms with Gasteiger partial charge in [-0.2, -0.15) is 0 Å². The van der Waals surface area contributed by atoms with Gasteiger partial charge in [-0.25, -0.2) is 4.98 Å². The Labute approximate surface area is 113 Å². The minimum absolute atomic E-state index is 0.0597. The number of nitrogens with one attached hydrogen (secondary N) is 1. The Balaban J connectivity index is 2.45. The number of nitrogens with zero attached hydrogens (tertiary/aromatic N) is 2. The molecule has 4 heteroatoms. The third kappa shape index (κ3) is 2.73. The predicted octanol–water partition coefficient (Wildman–Crippen LogP) is 2.83. The molecule has 98 valence electrons. The zero-order valence-electron chi connectivity index (χ0n) is 11.2. The summed E-state index contributed by atoms with van der Waals surface area (Å²) in [5.74, 6) is 0.869. The number of pyridine rings is 1. The first-order valence-corrected chi connectivity index (χ1v) is 6.27. The van der Waals surface area contributed by atoms with E-state index in [-0.39, 0.29) is 5.84 Å². The summed E-state index contributed by atoms with van der Waals surface area (Å²) < 4.78 is 0. The predicted molar refractivity (Wildman–Crippen MR) is 79.1 cm³/mol. The molecule has 0 aliphatic carbocycles. The van der Waals surface area contributed by atoms with Gasteiger partial charge in [-0.1, -0.05) is 18.2 Å². The SMILES string of the molecule is CCN(c1cc(C(=N)N)ccn1)c1ccccc1C. The van der Waals surface area contributed by atoms with E-state index in [4.69, 9.17) is 11.1 Å². The number of para-hydroxylation sites is 1. The summed E-state index contributed by atoms with van der Waals surface area (Å²) in [6.07, 6.45) is 1.69. The Hall–Kier alpha value is -2.36. The number of benzene rings is 1. The van der Waals surface area contributed by atoms with Crippen molar-refractivity contribution in [2.24, 2.45) is 5.73 Å². The lowest BCUT2D eigenvalue weighted by Gasteiger charge is -2.24. The van der Waals surface area contributed by atoms with E-state index < -0.39 is 0 Å². The Bertz CT molecular complexity index is 592. The molecule has 2 aromatic rings. The van der Waals surface area contributed by atoms with Crippen LogP contribution in [0.3, 0.4) is 0 Å². The highest BCUT2D eigenvalue weighted by molar-refractivity contribution is 5.95. The van der Waals surface area contributed by atoms with Crippen LogP contribution in [0.25, 0.3) is 0 Å². The van der Waals surface area contributed by atoms with Crippen molar-refractivity contribution in [3.05, 3.63) is 53.7 Å². The Kier molecular flexibility index (Phi) is 3.80. The van der Waals surface area contributed by atoms with Gasteiger partial charge in [0.15, 0.2) is 0 Å². The standard InChI is InChI=1S/C15H18N4/c1-3-19(13-7-5-4-6-11(13)2)14-10-12(15(16)17)8-9-18-14/h4-10H,3H2,1-2H3,(H3,16,17). The highest BCUT2D eigenvalue weighted by atomic mass is 15.2. The molecule has 3 N–H and O–H groups in total. The van der Waals surface area contributed by atoms with Gasteiger partial charge in [0.25, 0.3) is 0 Å². The first-order valence-electron chi connectivity index (χ1n) is 6.27. The molecule has 0 spiro atoms. The van der Waals surface area contributed by atoms with Gasteiger partial charge in [-0.05, 0) is 37.6 Å². The van der Waals surface area contributed by atoms with E-state index in [1.165, 1.54) is 5.56 Å². The number of amidine groups is 1. The molecule has 0 fully saturated rings. The fourth-order valence-electron chi connectivity index (χ4n) is 2.06. The molecule has 1 heterocycles. The zero-order valence-corrected chi connectivity index (χ0v) is 11.2. The van der Waals surface area contributed by atoms with Crippen LogP contribution in [-0.4, -0.2) is 17.4 Å². The zero-order chi connectivity index (χ0) is 13.8. The molecule has 0 aliphatic heterocycles. The molecule has 0 atom stereocenters. The van der Waals surface area contributed by atoms with Crippen molar-refractivity contribution in [3.63, 3.8) is 0 Å². The molecule has 0 bridgehead atoms. The van der Waals surface area contributed by atoms with Crippen molar-refractivity contribution >= 4 is 17.3 Å². The number of aryl methyl sites for hydroxylation is 1. The molecular formula is C15H18N4. The maximum atomic E-state index is 7.51. The second-order valence-electron chi connectivity index (χ2n) is 4.35. The van der Waals surface area contributed by atoms with E-state index >= 15 is 0 Å². The lowest BCUT2D eigenvalue weighted by molar-refractivity contribution is 0.982. The van der Waals surface area contributed by atoms with Crippen LogP contribution >= 0.6 is 0 Å².